The van der Waals surface area contributed by atoms with Gasteiger partial charge in [0.05, 0.1) is 41.7 Å². The van der Waals surface area contributed by atoms with Crippen LogP contribution in [0.5, 0.6) is 0 Å². The maximum absolute atomic E-state index is 11.6. The van der Waals surface area contributed by atoms with Gasteiger partial charge in [-0.15, -0.1) is 0 Å². The molecular weight excluding hydrogens is 376 g/mol. The molecule has 1 saturated heterocycles. The highest BCUT2D eigenvalue weighted by Crippen LogP contribution is 2.26. The molecule has 4 rings (SSSR count). The highest BCUT2D eigenvalue weighted by atomic mass is 32.2. The highest BCUT2D eigenvalue weighted by Gasteiger charge is 2.27. The van der Waals surface area contributed by atoms with Crippen LogP contribution in [0.4, 0.5) is 0 Å². The van der Waals surface area contributed by atoms with Crippen LogP contribution in [0.25, 0.3) is 11.3 Å². The van der Waals surface area contributed by atoms with E-state index in [1.807, 2.05) is 18.2 Å². The van der Waals surface area contributed by atoms with Crippen molar-refractivity contribution < 1.29 is 13.2 Å². The number of pyridine rings is 1. The number of imidazole rings is 1. The lowest BCUT2D eigenvalue weighted by Gasteiger charge is -2.34. The normalized spacial score (nSPS) is 18.2. The van der Waals surface area contributed by atoms with Gasteiger partial charge in [-0.25, -0.2) is 13.4 Å². The van der Waals surface area contributed by atoms with Gasteiger partial charge in [0.2, 0.25) is 0 Å². The molecule has 8 heteroatoms. The van der Waals surface area contributed by atoms with Gasteiger partial charge < -0.3 is 9.72 Å². The topological polar surface area (TPSA) is 88.2 Å². The van der Waals surface area contributed by atoms with E-state index in [0.717, 1.165) is 35.9 Å². The molecule has 1 atom stereocenters. The number of sulfone groups is 1. The molecule has 1 aromatic carbocycles. The predicted octanol–water partition coefficient (Wildman–Crippen LogP) is 2.45. The van der Waals surface area contributed by atoms with Gasteiger partial charge in [0.25, 0.3) is 0 Å². The average molecular weight is 398 g/mol. The third-order valence-corrected chi connectivity index (χ3v) is 5.96. The van der Waals surface area contributed by atoms with Crippen LogP contribution < -0.4 is 0 Å². The summed E-state index contributed by atoms with van der Waals surface area (Å²) in [7, 11) is -3.21. The molecule has 1 N–H and O–H groups in total. The molecule has 1 aliphatic rings. The molecule has 0 amide bonds. The number of rotatable bonds is 5. The summed E-state index contributed by atoms with van der Waals surface area (Å²) in [6, 6.07) is 12.7. The molecule has 3 heterocycles. The van der Waals surface area contributed by atoms with E-state index in [1.165, 1.54) is 6.26 Å². The van der Waals surface area contributed by atoms with Crippen molar-refractivity contribution in [3.05, 3.63) is 66.4 Å². The number of benzene rings is 1. The predicted molar refractivity (Wildman–Crippen MR) is 105 cm³/mol. The summed E-state index contributed by atoms with van der Waals surface area (Å²) < 4.78 is 28.9. The Labute approximate surface area is 164 Å². The van der Waals surface area contributed by atoms with E-state index in [9.17, 15) is 8.42 Å². The van der Waals surface area contributed by atoms with Crippen LogP contribution >= 0.6 is 0 Å². The minimum absolute atomic E-state index is 0.0137. The lowest BCUT2D eigenvalue weighted by atomic mass is 10.2. The average Bonchev–Trinajstić information content (AvgIpc) is 3.19. The fourth-order valence-corrected chi connectivity index (χ4v) is 3.94. The molecule has 0 saturated carbocycles. The first-order valence-electron chi connectivity index (χ1n) is 9.08. The molecule has 28 heavy (non-hydrogen) atoms. The number of ether oxygens (including phenoxy) is 1. The first-order chi connectivity index (χ1) is 13.5. The number of nitrogens with one attached hydrogen (secondary N) is 1. The Hall–Kier alpha value is -2.55. The second-order valence-electron chi connectivity index (χ2n) is 6.86. The van der Waals surface area contributed by atoms with Crippen molar-refractivity contribution in [3.63, 3.8) is 0 Å². The number of aromatic amines is 1. The standard InChI is InChI=1S/C20H22N4O3S/c1-28(25,26)17-7-5-15(6-8-17)18-12-22-20(23-18)19-14-27-11-10-24(19)13-16-4-2-3-9-21-16/h2-9,12,19H,10-11,13-14H2,1H3,(H,22,23)/t19-/m0/s1. The lowest BCUT2D eigenvalue weighted by Crippen LogP contribution is -2.39. The molecule has 146 valence electrons. The fraction of sp³-hybridized carbons (Fsp3) is 0.300. The minimum atomic E-state index is -3.21. The SMILES string of the molecule is CS(=O)(=O)c1ccc(-c2cnc([C@@H]3COCCN3Cc3ccccn3)[nH]2)cc1. The van der Waals surface area contributed by atoms with Gasteiger partial charge in [-0.3, -0.25) is 9.88 Å². The van der Waals surface area contributed by atoms with Crippen molar-refractivity contribution in [3.8, 4) is 11.3 Å². The molecule has 0 bridgehead atoms. The van der Waals surface area contributed by atoms with E-state index in [2.05, 4.69) is 19.9 Å². The Balaban J connectivity index is 1.55. The van der Waals surface area contributed by atoms with Crippen LogP contribution in [0.1, 0.15) is 17.6 Å². The third kappa shape index (κ3) is 4.14. The number of nitrogens with zero attached hydrogens (tertiary/aromatic N) is 3. The van der Waals surface area contributed by atoms with Crippen molar-refractivity contribution in [1.29, 1.82) is 0 Å². The Morgan fingerprint density at radius 1 is 1.18 bits per heavy atom. The van der Waals surface area contributed by atoms with Crippen LogP contribution in [-0.2, 0) is 21.1 Å². The molecule has 1 fully saturated rings. The van der Waals surface area contributed by atoms with Gasteiger partial charge in [-0.05, 0) is 29.8 Å². The Kier molecular flexibility index (Phi) is 5.25. The molecule has 0 aliphatic carbocycles. The number of morpholine rings is 1. The number of hydrogen-bond acceptors (Lipinski definition) is 6. The summed E-state index contributed by atoms with van der Waals surface area (Å²) in [5.41, 5.74) is 2.75. The number of aromatic nitrogens is 3. The Morgan fingerprint density at radius 2 is 2.00 bits per heavy atom. The van der Waals surface area contributed by atoms with Crippen LogP contribution in [0.15, 0.2) is 59.8 Å². The van der Waals surface area contributed by atoms with Crippen molar-refractivity contribution in [2.45, 2.75) is 17.5 Å². The number of H-pyrrole nitrogens is 1. The highest BCUT2D eigenvalue weighted by molar-refractivity contribution is 7.90. The smallest absolute Gasteiger partial charge is 0.175 e. The molecule has 0 radical (unpaired) electrons. The van der Waals surface area contributed by atoms with Gasteiger partial charge in [0.1, 0.15) is 5.82 Å². The minimum Gasteiger partial charge on any atom is -0.378 e. The summed E-state index contributed by atoms with van der Waals surface area (Å²) in [5.74, 6) is 0.831. The molecular formula is C20H22N4O3S. The first kappa shape index (κ1) is 18.8. The third-order valence-electron chi connectivity index (χ3n) is 4.84. The first-order valence-corrected chi connectivity index (χ1v) is 11.0. The molecule has 0 spiro atoms. The molecule has 3 aromatic rings. The maximum atomic E-state index is 11.6. The van der Waals surface area contributed by atoms with Crippen LogP contribution in [0, 0.1) is 0 Å². The summed E-state index contributed by atoms with van der Waals surface area (Å²) >= 11 is 0. The zero-order chi connectivity index (χ0) is 19.6. The summed E-state index contributed by atoms with van der Waals surface area (Å²) in [6.07, 6.45) is 4.78. The van der Waals surface area contributed by atoms with Crippen molar-refractivity contribution >= 4 is 9.84 Å². The van der Waals surface area contributed by atoms with E-state index >= 15 is 0 Å². The summed E-state index contributed by atoms with van der Waals surface area (Å²) in [6.45, 7) is 2.78. The van der Waals surface area contributed by atoms with E-state index in [1.54, 1.807) is 36.7 Å². The van der Waals surface area contributed by atoms with Gasteiger partial charge in [-0.2, -0.15) is 0 Å². The van der Waals surface area contributed by atoms with E-state index in [0.29, 0.717) is 18.1 Å². The van der Waals surface area contributed by atoms with E-state index < -0.39 is 9.84 Å². The van der Waals surface area contributed by atoms with Crippen molar-refractivity contribution in [1.82, 2.24) is 19.9 Å². The molecule has 0 unspecified atom stereocenters. The summed E-state index contributed by atoms with van der Waals surface area (Å²) in [5, 5.41) is 0. The Morgan fingerprint density at radius 3 is 2.71 bits per heavy atom. The fourth-order valence-electron chi connectivity index (χ4n) is 3.31. The zero-order valence-electron chi connectivity index (χ0n) is 15.6. The zero-order valence-corrected chi connectivity index (χ0v) is 16.4. The quantitative estimate of drug-likeness (QED) is 0.710. The van der Waals surface area contributed by atoms with Crippen LogP contribution in [0.2, 0.25) is 0 Å². The van der Waals surface area contributed by atoms with E-state index in [-0.39, 0.29) is 6.04 Å². The van der Waals surface area contributed by atoms with Crippen LogP contribution in [-0.4, -0.2) is 54.3 Å². The molecule has 7 nitrogen and oxygen atoms in total. The Bertz CT molecular complexity index is 1030. The van der Waals surface area contributed by atoms with Crippen molar-refractivity contribution in [2.75, 3.05) is 26.0 Å². The number of hydrogen-bond donors (Lipinski definition) is 1. The molecule has 1 aliphatic heterocycles. The monoisotopic (exact) mass is 398 g/mol. The van der Waals surface area contributed by atoms with Gasteiger partial charge in [-0.1, -0.05) is 18.2 Å². The molecule has 2 aromatic heterocycles. The second-order valence-corrected chi connectivity index (χ2v) is 8.88. The lowest BCUT2D eigenvalue weighted by molar-refractivity contribution is -0.0161. The second kappa shape index (κ2) is 7.83. The van der Waals surface area contributed by atoms with Crippen molar-refractivity contribution in [2.24, 2.45) is 0 Å². The maximum Gasteiger partial charge on any atom is 0.175 e. The summed E-state index contributed by atoms with van der Waals surface area (Å²) in [4.78, 5) is 15.0. The van der Waals surface area contributed by atoms with E-state index in [4.69, 9.17) is 4.74 Å². The van der Waals surface area contributed by atoms with Gasteiger partial charge >= 0.3 is 0 Å². The largest absolute Gasteiger partial charge is 0.378 e. The van der Waals surface area contributed by atoms with Gasteiger partial charge in [0.15, 0.2) is 9.84 Å². The van der Waals surface area contributed by atoms with Gasteiger partial charge in [0, 0.05) is 25.5 Å². The van der Waals surface area contributed by atoms with Crippen LogP contribution in [0.3, 0.4) is 0 Å².